The van der Waals surface area contributed by atoms with E-state index in [1.54, 1.807) is 50.2 Å². The molecule has 0 spiro atoms. The van der Waals surface area contributed by atoms with Gasteiger partial charge < -0.3 is 57.6 Å². The van der Waals surface area contributed by atoms with Crippen molar-refractivity contribution in [2.45, 2.75) is 56.3 Å². The highest BCUT2D eigenvalue weighted by atomic mass is 19.4. The lowest BCUT2D eigenvalue weighted by Crippen LogP contribution is -2.54. The largest absolute Gasteiger partial charge is 0.506 e. The highest BCUT2D eigenvalue weighted by Gasteiger charge is 2.72. The van der Waals surface area contributed by atoms with E-state index in [0.717, 1.165) is 23.3 Å². The molecule has 8 rings (SSSR count). The summed E-state index contributed by atoms with van der Waals surface area (Å²) in [6.45, 7) is 7.42. The van der Waals surface area contributed by atoms with Crippen molar-refractivity contribution in [2.75, 3.05) is 27.0 Å². The molecule has 1 radical (unpaired) electrons. The van der Waals surface area contributed by atoms with Gasteiger partial charge >= 0.3 is 12.4 Å². The smallest absolute Gasteiger partial charge is 0.411 e. The molecule has 0 atom stereocenters. The number of rotatable bonds is 14. The molecule has 16 nitrogen and oxygen atoms in total. The van der Waals surface area contributed by atoms with Crippen LogP contribution in [0.4, 0.5) is 60.5 Å². The predicted molar refractivity (Wildman–Crippen MR) is 298 cm³/mol. The summed E-state index contributed by atoms with van der Waals surface area (Å²) in [7, 11) is 0. The van der Waals surface area contributed by atoms with E-state index in [1.807, 2.05) is 13.8 Å². The first-order chi connectivity index (χ1) is 38.8. The molecule has 0 bridgehead atoms. The number of phenols is 6. The standard InChI is InChI=1S/C61H51F6N6O10/c1-57(2,35-13-19-47(74)41(68)25-35)36-14-21-49(76)43(27-36)70-53(80)31-5-7-32(8-6-31)54(81)71-44-28-37(15-22-50(44)77)58(3,4)38-16-23-51(78)45(29-38)72-55(82)33-9-11-34(12-10-33)56(83)73-46-30-40(18-24-52(46)79)59(60(62,63)64,61(65,66)67)39-17-20-48(75)42(69)26-39/h5-30,69,74-79H,68H2,1-4H3,(H,70,80)(H,71,81)(H,72,82)(H,73,83). The molecule has 13 N–H and O–H groups in total. The van der Waals surface area contributed by atoms with Gasteiger partial charge in [-0.1, -0.05) is 64.1 Å². The Balaban J connectivity index is 0.929. The van der Waals surface area contributed by atoms with Gasteiger partial charge in [0.25, 0.3) is 23.6 Å². The summed E-state index contributed by atoms with van der Waals surface area (Å²) in [5.41, 5.74) is 5.21. The number of nitrogen functional groups attached to an aromatic ring is 1. The van der Waals surface area contributed by atoms with Crippen LogP contribution in [0.15, 0.2) is 158 Å². The van der Waals surface area contributed by atoms with Crippen LogP contribution in [0.5, 0.6) is 34.5 Å². The van der Waals surface area contributed by atoms with Gasteiger partial charge in [0.2, 0.25) is 5.41 Å². The first-order valence-corrected chi connectivity index (χ1v) is 24.9. The van der Waals surface area contributed by atoms with Gasteiger partial charge in [-0.15, -0.1) is 0 Å². The third kappa shape index (κ3) is 11.5. The number of benzene rings is 8. The minimum absolute atomic E-state index is 0.0184. The molecule has 0 unspecified atom stereocenters. The van der Waals surface area contributed by atoms with Crippen LogP contribution in [0.2, 0.25) is 0 Å². The molecule has 0 heterocycles. The van der Waals surface area contributed by atoms with Gasteiger partial charge in [-0.25, -0.2) is 0 Å². The molecule has 0 aliphatic rings. The normalized spacial score (nSPS) is 12.1. The minimum atomic E-state index is -6.10. The van der Waals surface area contributed by atoms with Gasteiger partial charge in [-0.05, 0) is 155 Å². The fraction of sp³-hybridized carbons (Fsp3) is 0.148. The number of amides is 4. The topological polar surface area (TPSA) is 288 Å². The first kappa shape index (κ1) is 58.8. The number of halogens is 6. The summed E-state index contributed by atoms with van der Waals surface area (Å²) in [5.74, 6) is -5.82. The molecule has 83 heavy (non-hydrogen) atoms. The zero-order valence-corrected chi connectivity index (χ0v) is 44.2. The average Bonchev–Trinajstić information content (AvgIpc) is 1.19. The minimum Gasteiger partial charge on any atom is -0.506 e. The van der Waals surface area contributed by atoms with Crippen molar-refractivity contribution < 1.29 is 76.2 Å². The number of carbonyl (C=O) groups is 4. The lowest BCUT2D eigenvalue weighted by atomic mass is 9.72. The van der Waals surface area contributed by atoms with E-state index in [1.165, 1.54) is 72.8 Å². The molecule has 0 aliphatic heterocycles. The highest BCUT2D eigenvalue weighted by molar-refractivity contribution is 6.09. The van der Waals surface area contributed by atoms with Crippen molar-refractivity contribution in [1.82, 2.24) is 5.73 Å². The van der Waals surface area contributed by atoms with Crippen LogP contribution >= 0.6 is 0 Å². The second kappa shape index (κ2) is 21.9. The Morgan fingerprint density at radius 2 is 0.602 bits per heavy atom. The lowest BCUT2D eigenvalue weighted by molar-refractivity contribution is -0.288. The number of phenolic OH excluding ortho intramolecular Hbond substituents is 6. The Bertz CT molecular complexity index is 3850. The van der Waals surface area contributed by atoms with Crippen LogP contribution in [0, 0.1) is 0 Å². The number of hydrogen-bond donors (Lipinski definition) is 11. The van der Waals surface area contributed by atoms with Gasteiger partial charge in [0.05, 0.1) is 34.1 Å². The maximum absolute atomic E-state index is 14.8. The van der Waals surface area contributed by atoms with Gasteiger partial charge in [-0.3, -0.25) is 24.9 Å². The van der Waals surface area contributed by atoms with Crippen molar-refractivity contribution in [1.29, 1.82) is 0 Å². The van der Waals surface area contributed by atoms with Crippen molar-refractivity contribution in [3.05, 3.63) is 213 Å². The molecule has 0 saturated carbocycles. The number of anilines is 5. The number of alkyl halides is 6. The second-order valence-corrected chi connectivity index (χ2v) is 20.4. The fourth-order valence-corrected chi connectivity index (χ4v) is 9.30. The lowest BCUT2D eigenvalue weighted by Gasteiger charge is -2.38. The maximum Gasteiger partial charge on any atom is 0.411 e. The van der Waals surface area contributed by atoms with E-state index in [4.69, 9.17) is 11.5 Å². The number of aromatic hydroxyl groups is 6. The Morgan fingerprint density at radius 1 is 0.361 bits per heavy atom. The van der Waals surface area contributed by atoms with E-state index < -0.39 is 86.2 Å². The number of hydrogen-bond acceptors (Lipinski definition) is 11. The maximum atomic E-state index is 14.8. The molecule has 0 aromatic heterocycles. The van der Waals surface area contributed by atoms with Crippen molar-refractivity contribution in [3.8, 4) is 34.5 Å². The number of nitrogens with one attached hydrogen (secondary N) is 5. The Hall–Kier alpha value is -10.4. The van der Waals surface area contributed by atoms with Gasteiger partial charge in [0.1, 0.15) is 34.5 Å². The third-order valence-electron chi connectivity index (χ3n) is 14.4. The number of nitrogens with two attached hydrogens (primary N) is 1. The fourth-order valence-electron chi connectivity index (χ4n) is 9.30. The molecule has 22 heteroatoms. The highest BCUT2D eigenvalue weighted by Crippen LogP contribution is 2.57. The summed E-state index contributed by atoms with van der Waals surface area (Å²) in [6, 6.07) is 30.9. The molecule has 8 aromatic carbocycles. The molecule has 0 saturated heterocycles. The Kier molecular flexibility index (Phi) is 15.5. The van der Waals surface area contributed by atoms with Gasteiger partial charge in [-0.2, -0.15) is 26.3 Å². The van der Waals surface area contributed by atoms with Crippen molar-refractivity contribution in [2.24, 2.45) is 0 Å². The van der Waals surface area contributed by atoms with Crippen LogP contribution in [0.1, 0.15) is 103 Å². The molecule has 0 fully saturated rings. The van der Waals surface area contributed by atoms with Crippen LogP contribution in [0.25, 0.3) is 0 Å². The first-order valence-electron chi connectivity index (χ1n) is 24.9. The van der Waals surface area contributed by atoms with Gasteiger partial charge in [0.15, 0.2) is 0 Å². The molecule has 4 amide bonds. The summed E-state index contributed by atoms with van der Waals surface area (Å²) in [4.78, 5) is 53.8. The van der Waals surface area contributed by atoms with E-state index >= 15 is 0 Å². The van der Waals surface area contributed by atoms with Crippen molar-refractivity contribution in [3.63, 3.8) is 0 Å². The zero-order valence-electron chi connectivity index (χ0n) is 44.2. The quantitative estimate of drug-likeness (QED) is 0.0276. The molecule has 8 aromatic rings. The van der Waals surface area contributed by atoms with Crippen LogP contribution in [-0.4, -0.2) is 66.6 Å². The zero-order chi connectivity index (χ0) is 60.7. The Labute approximate surface area is 469 Å². The van der Waals surface area contributed by atoms with E-state index in [0.29, 0.717) is 35.4 Å². The summed E-state index contributed by atoms with van der Waals surface area (Å²) in [5, 5.41) is 72.5. The molecular weight excluding hydrogens is 1090 g/mol. The second-order valence-electron chi connectivity index (χ2n) is 20.4. The predicted octanol–water partition coefficient (Wildman–Crippen LogP) is 12.5. The number of carbonyl (C=O) groups excluding carboxylic acids is 4. The monoisotopic (exact) mass is 1140 g/mol. The average molecular weight is 1140 g/mol. The molecular formula is C61H51F6N6O10. The van der Waals surface area contributed by atoms with E-state index in [9.17, 15) is 76.2 Å². The summed E-state index contributed by atoms with van der Waals surface area (Å²) in [6.07, 6.45) is -12.2. The van der Waals surface area contributed by atoms with Crippen LogP contribution in [-0.2, 0) is 16.2 Å². The van der Waals surface area contributed by atoms with Gasteiger partial charge in [0, 0.05) is 33.1 Å². The summed E-state index contributed by atoms with van der Waals surface area (Å²) < 4.78 is 88.8. The van der Waals surface area contributed by atoms with Crippen LogP contribution in [0.3, 0.4) is 0 Å². The Morgan fingerprint density at radius 3 is 0.880 bits per heavy atom. The molecule has 427 valence electrons. The SMILES string of the molecule is CC(C)(c1ccc(O)c(N)c1)c1ccc(O)c(NC(=O)c2ccc(C(=O)Nc3cc(C(C)(C)c4ccc(O)c(NC(=O)c5ccc(C(=O)Nc6cc(C(c7ccc(O)c([NH])c7)(C(F)(F)F)C(F)(F)F)ccc6O)cc5)c4)ccc3O)cc2)c1. The van der Waals surface area contributed by atoms with E-state index in [-0.39, 0.29) is 80.1 Å². The van der Waals surface area contributed by atoms with E-state index in [2.05, 4.69) is 21.3 Å². The summed E-state index contributed by atoms with van der Waals surface area (Å²) >= 11 is 0. The van der Waals surface area contributed by atoms with Crippen LogP contribution < -0.4 is 32.7 Å². The third-order valence-corrected chi connectivity index (χ3v) is 14.4. The van der Waals surface area contributed by atoms with Crippen molar-refractivity contribution >= 4 is 57.8 Å². The molecule has 0 aliphatic carbocycles.